The molecule has 1 aromatic carbocycles. The maximum absolute atomic E-state index is 12.2. The number of hydrogen-bond acceptors (Lipinski definition) is 3. The summed E-state index contributed by atoms with van der Waals surface area (Å²) in [6.07, 6.45) is 3.06. The molecule has 0 aliphatic carbocycles. The fourth-order valence-electron chi connectivity index (χ4n) is 1.56. The molecule has 0 amide bonds. The van der Waals surface area contributed by atoms with Crippen molar-refractivity contribution < 1.29 is 18.3 Å². The molecule has 0 radical (unpaired) electrons. The predicted molar refractivity (Wildman–Crippen MR) is 59.7 cm³/mol. The molecule has 0 atom stereocenters. The molecular weight excluding hydrogens is 242 g/mol. The molecule has 0 aliphatic heterocycles. The first kappa shape index (κ1) is 12.2. The number of carbonyl (C=O) groups is 1. The normalized spacial score (nSPS) is 10.7. The third-order valence-electron chi connectivity index (χ3n) is 2.37. The zero-order chi connectivity index (χ0) is 13.1. The van der Waals surface area contributed by atoms with E-state index in [1.165, 1.54) is 29.0 Å². The summed E-state index contributed by atoms with van der Waals surface area (Å²) >= 11 is 0. The number of carbonyl (C=O) groups excluding carboxylic acids is 1. The zero-order valence-corrected chi connectivity index (χ0v) is 9.51. The Bertz CT molecular complexity index is 567. The minimum absolute atomic E-state index is 0.0621. The van der Waals surface area contributed by atoms with Crippen LogP contribution in [-0.2, 0) is 7.05 Å². The Balaban J connectivity index is 2.39. The van der Waals surface area contributed by atoms with E-state index in [1.807, 2.05) is 0 Å². The number of imidazole rings is 1. The van der Waals surface area contributed by atoms with E-state index in [9.17, 15) is 13.6 Å². The van der Waals surface area contributed by atoms with Crippen molar-refractivity contribution in [3.63, 3.8) is 0 Å². The molecule has 2 aromatic rings. The maximum atomic E-state index is 12.2. The zero-order valence-electron chi connectivity index (χ0n) is 9.51. The number of halogens is 2. The SMILES string of the molecule is Cn1ccnc1C(=O)c1ccccc1OC(F)F. The van der Waals surface area contributed by atoms with Gasteiger partial charge in [-0.2, -0.15) is 8.78 Å². The van der Waals surface area contributed by atoms with Gasteiger partial charge in [0.05, 0.1) is 5.56 Å². The lowest BCUT2D eigenvalue weighted by molar-refractivity contribution is -0.0501. The standard InChI is InChI=1S/C12H10F2N2O2/c1-16-7-6-15-11(16)10(17)8-4-2-3-5-9(8)18-12(13)14/h2-7,12H,1H3. The lowest BCUT2D eigenvalue weighted by Gasteiger charge is -2.09. The van der Waals surface area contributed by atoms with Crippen LogP contribution in [0.4, 0.5) is 8.78 Å². The van der Waals surface area contributed by atoms with Crippen LogP contribution in [0.2, 0.25) is 0 Å². The fraction of sp³-hybridized carbons (Fsp3) is 0.167. The highest BCUT2D eigenvalue weighted by Crippen LogP contribution is 2.22. The minimum atomic E-state index is -2.97. The second-order valence-electron chi connectivity index (χ2n) is 3.57. The number of aryl methyl sites for hydroxylation is 1. The van der Waals surface area contributed by atoms with Gasteiger partial charge < -0.3 is 9.30 Å². The quantitative estimate of drug-likeness (QED) is 0.784. The molecule has 1 heterocycles. The topological polar surface area (TPSA) is 44.1 Å². The van der Waals surface area contributed by atoms with Crippen LogP contribution >= 0.6 is 0 Å². The highest BCUT2D eigenvalue weighted by atomic mass is 19.3. The Morgan fingerprint density at radius 3 is 2.72 bits per heavy atom. The molecule has 94 valence electrons. The molecule has 0 aliphatic rings. The Labute approximate surface area is 102 Å². The van der Waals surface area contributed by atoms with E-state index >= 15 is 0 Å². The van der Waals surface area contributed by atoms with Gasteiger partial charge in [0.1, 0.15) is 5.75 Å². The summed E-state index contributed by atoms with van der Waals surface area (Å²) in [4.78, 5) is 16.0. The number of rotatable bonds is 4. The van der Waals surface area contributed by atoms with Crippen LogP contribution in [0.1, 0.15) is 16.2 Å². The van der Waals surface area contributed by atoms with Crippen molar-refractivity contribution in [1.29, 1.82) is 0 Å². The Morgan fingerprint density at radius 1 is 1.39 bits per heavy atom. The third-order valence-corrected chi connectivity index (χ3v) is 2.37. The molecule has 18 heavy (non-hydrogen) atoms. The summed E-state index contributed by atoms with van der Waals surface area (Å²) in [5.41, 5.74) is 0.0621. The largest absolute Gasteiger partial charge is 0.434 e. The molecule has 0 unspecified atom stereocenters. The molecule has 4 nitrogen and oxygen atoms in total. The van der Waals surface area contributed by atoms with Crippen LogP contribution < -0.4 is 4.74 Å². The number of benzene rings is 1. The van der Waals surface area contributed by atoms with E-state index in [-0.39, 0.29) is 17.1 Å². The Kier molecular flexibility index (Phi) is 3.36. The lowest BCUT2D eigenvalue weighted by atomic mass is 10.1. The van der Waals surface area contributed by atoms with E-state index in [2.05, 4.69) is 9.72 Å². The lowest BCUT2D eigenvalue weighted by Crippen LogP contribution is -2.12. The number of nitrogens with zero attached hydrogens (tertiary/aromatic N) is 2. The van der Waals surface area contributed by atoms with Crippen molar-refractivity contribution in [3.05, 3.63) is 48.0 Å². The van der Waals surface area contributed by atoms with Crippen molar-refractivity contribution in [2.24, 2.45) is 7.05 Å². The number of ether oxygens (including phenoxy) is 1. The molecule has 0 fully saturated rings. The number of aromatic nitrogens is 2. The van der Waals surface area contributed by atoms with Gasteiger partial charge in [0.15, 0.2) is 5.82 Å². The highest BCUT2D eigenvalue weighted by molar-refractivity contribution is 6.08. The maximum Gasteiger partial charge on any atom is 0.387 e. The molecule has 6 heteroatoms. The fourth-order valence-corrected chi connectivity index (χ4v) is 1.56. The monoisotopic (exact) mass is 252 g/mol. The van der Waals surface area contributed by atoms with E-state index in [4.69, 9.17) is 0 Å². The van der Waals surface area contributed by atoms with Crippen molar-refractivity contribution in [1.82, 2.24) is 9.55 Å². The number of alkyl halides is 2. The summed E-state index contributed by atoms with van der Waals surface area (Å²) in [5, 5.41) is 0. The number of ketones is 1. The molecular formula is C12H10F2N2O2. The van der Waals surface area contributed by atoms with Gasteiger partial charge in [-0.05, 0) is 12.1 Å². The van der Waals surface area contributed by atoms with E-state index in [0.29, 0.717) is 0 Å². The van der Waals surface area contributed by atoms with Crippen molar-refractivity contribution in [2.75, 3.05) is 0 Å². The van der Waals surface area contributed by atoms with Crippen molar-refractivity contribution in [3.8, 4) is 5.75 Å². The molecule has 0 spiro atoms. The molecule has 0 saturated heterocycles. The predicted octanol–water partition coefficient (Wildman–Crippen LogP) is 2.25. The van der Waals surface area contributed by atoms with Crippen LogP contribution in [0.5, 0.6) is 5.75 Å². The minimum Gasteiger partial charge on any atom is -0.434 e. The van der Waals surface area contributed by atoms with Gasteiger partial charge in [0.2, 0.25) is 5.78 Å². The smallest absolute Gasteiger partial charge is 0.387 e. The van der Waals surface area contributed by atoms with Crippen molar-refractivity contribution >= 4 is 5.78 Å². The molecule has 0 N–H and O–H groups in total. The Hall–Kier alpha value is -2.24. The van der Waals surface area contributed by atoms with Crippen molar-refractivity contribution in [2.45, 2.75) is 6.61 Å². The second kappa shape index (κ2) is 4.95. The first-order valence-electron chi connectivity index (χ1n) is 5.15. The van der Waals surface area contributed by atoms with E-state index < -0.39 is 12.4 Å². The summed E-state index contributed by atoms with van der Waals surface area (Å²) in [6, 6.07) is 5.85. The molecule has 1 aromatic heterocycles. The first-order valence-corrected chi connectivity index (χ1v) is 5.15. The van der Waals surface area contributed by atoms with Gasteiger partial charge in [-0.25, -0.2) is 4.98 Å². The van der Waals surface area contributed by atoms with Crippen LogP contribution in [0.25, 0.3) is 0 Å². The second-order valence-corrected chi connectivity index (χ2v) is 3.57. The molecule has 0 saturated carbocycles. The highest BCUT2D eigenvalue weighted by Gasteiger charge is 2.19. The average Bonchev–Trinajstić information content (AvgIpc) is 2.74. The van der Waals surface area contributed by atoms with Crippen LogP contribution in [0.3, 0.4) is 0 Å². The van der Waals surface area contributed by atoms with Gasteiger partial charge in [-0.3, -0.25) is 4.79 Å². The van der Waals surface area contributed by atoms with Gasteiger partial charge in [0.25, 0.3) is 0 Å². The molecule has 0 bridgehead atoms. The summed E-state index contributed by atoms with van der Waals surface area (Å²) in [5.74, 6) is -0.445. The third kappa shape index (κ3) is 2.37. The van der Waals surface area contributed by atoms with Gasteiger partial charge >= 0.3 is 6.61 Å². The Morgan fingerprint density at radius 2 is 2.11 bits per heavy atom. The van der Waals surface area contributed by atoms with Gasteiger partial charge in [-0.15, -0.1) is 0 Å². The number of hydrogen-bond donors (Lipinski definition) is 0. The summed E-state index contributed by atoms with van der Waals surface area (Å²) in [7, 11) is 1.65. The van der Waals surface area contributed by atoms with E-state index in [1.54, 1.807) is 19.3 Å². The summed E-state index contributed by atoms with van der Waals surface area (Å²) < 4.78 is 30.3. The molecule has 2 rings (SSSR count). The van der Waals surface area contributed by atoms with E-state index in [0.717, 1.165) is 0 Å². The van der Waals surface area contributed by atoms with Crippen LogP contribution in [-0.4, -0.2) is 21.9 Å². The van der Waals surface area contributed by atoms with Gasteiger partial charge in [0, 0.05) is 19.4 Å². The first-order chi connectivity index (χ1) is 8.59. The average molecular weight is 252 g/mol. The van der Waals surface area contributed by atoms with Gasteiger partial charge in [-0.1, -0.05) is 12.1 Å². The summed E-state index contributed by atoms with van der Waals surface area (Å²) in [6.45, 7) is -2.97. The van der Waals surface area contributed by atoms with Crippen LogP contribution in [0, 0.1) is 0 Å². The van der Waals surface area contributed by atoms with Crippen LogP contribution in [0.15, 0.2) is 36.7 Å². The number of para-hydroxylation sites is 1.